The van der Waals surface area contributed by atoms with Crippen LogP contribution in [0.3, 0.4) is 0 Å². The SMILES string of the molecule is COC1CCC(NCc2sccc2C)C1. The number of thiophene rings is 1. The second-order valence-electron chi connectivity index (χ2n) is 4.28. The molecule has 0 aliphatic heterocycles. The average molecular weight is 225 g/mol. The van der Waals surface area contributed by atoms with Gasteiger partial charge in [-0.1, -0.05) is 0 Å². The van der Waals surface area contributed by atoms with E-state index in [4.69, 9.17) is 4.74 Å². The molecule has 0 saturated heterocycles. The van der Waals surface area contributed by atoms with E-state index in [9.17, 15) is 0 Å². The first-order valence-electron chi connectivity index (χ1n) is 5.58. The Morgan fingerprint density at radius 1 is 1.53 bits per heavy atom. The summed E-state index contributed by atoms with van der Waals surface area (Å²) in [4.78, 5) is 1.47. The lowest BCUT2D eigenvalue weighted by Crippen LogP contribution is -2.26. The van der Waals surface area contributed by atoms with Crippen molar-refractivity contribution in [1.82, 2.24) is 5.32 Å². The molecule has 0 radical (unpaired) electrons. The van der Waals surface area contributed by atoms with Gasteiger partial charge in [-0.3, -0.25) is 0 Å². The molecule has 1 aliphatic rings. The molecular formula is C12H19NOS. The van der Waals surface area contributed by atoms with E-state index >= 15 is 0 Å². The first kappa shape index (κ1) is 11.1. The Kier molecular flexibility index (Phi) is 3.78. The molecular weight excluding hydrogens is 206 g/mol. The van der Waals surface area contributed by atoms with Crippen molar-refractivity contribution >= 4 is 11.3 Å². The maximum Gasteiger partial charge on any atom is 0.0586 e. The van der Waals surface area contributed by atoms with Crippen molar-refractivity contribution in [3.8, 4) is 0 Å². The van der Waals surface area contributed by atoms with Crippen LogP contribution in [0, 0.1) is 6.92 Å². The van der Waals surface area contributed by atoms with Crippen LogP contribution < -0.4 is 5.32 Å². The summed E-state index contributed by atoms with van der Waals surface area (Å²) in [6.45, 7) is 3.20. The molecule has 1 aliphatic carbocycles. The van der Waals surface area contributed by atoms with E-state index < -0.39 is 0 Å². The van der Waals surface area contributed by atoms with Gasteiger partial charge in [-0.25, -0.2) is 0 Å². The molecule has 2 atom stereocenters. The van der Waals surface area contributed by atoms with Crippen molar-refractivity contribution in [1.29, 1.82) is 0 Å². The first-order chi connectivity index (χ1) is 7.29. The highest BCUT2D eigenvalue weighted by atomic mass is 32.1. The largest absolute Gasteiger partial charge is 0.381 e. The van der Waals surface area contributed by atoms with E-state index in [1.807, 2.05) is 18.4 Å². The van der Waals surface area contributed by atoms with Crippen LogP contribution in [-0.2, 0) is 11.3 Å². The van der Waals surface area contributed by atoms with Gasteiger partial charge in [0.05, 0.1) is 6.10 Å². The number of rotatable bonds is 4. The topological polar surface area (TPSA) is 21.3 Å². The fourth-order valence-corrected chi connectivity index (χ4v) is 3.02. The molecule has 0 amide bonds. The zero-order valence-corrected chi connectivity index (χ0v) is 10.3. The van der Waals surface area contributed by atoms with E-state index in [1.165, 1.54) is 29.7 Å². The maximum absolute atomic E-state index is 5.36. The van der Waals surface area contributed by atoms with Crippen LogP contribution in [0.25, 0.3) is 0 Å². The predicted molar refractivity (Wildman–Crippen MR) is 64.3 cm³/mol. The Bertz CT molecular complexity index is 310. The lowest BCUT2D eigenvalue weighted by Gasteiger charge is -2.12. The Labute approximate surface area is 95.6 Å². The summed E-state index contributed by atoms with van der Waals surface area (Å²) in [7, 11) is 1.82. The minimum Gasteiger partial charge on any atom is -0.381 e. The Hall–Kier alpha value is -0.380. The second-order valence-corrected chi connectivity index (χ2v) is 5.28. The first-order valence-corrected chi connectivity index (χ1v) is 6.46. The molecule has 0 spiro atoms. The van der Waals surface area contributed by atoms with Crippen LogP contribution in [-0.4, -0.2) is 19.3 Å². The molecule has 0 aromatic carbocycles. The molecule has 2 unspecified atom stereocenters. The molecule has 1 fully saturated rings. The van der Waals surface area contributed by atoms with Crippen LogP contribution in [0.5, 0.6) is 0 Å². The summed E-state index contributed by atoms with van der Waals surface area (Å²) in [5.41, 5.74) is 1.41. The smallest absolute Gasteiger partial charge is 0.0586 e. The number of hydrogen-bond donors (Lipinski definition) is 1. The zero-order valence-electron chi connectivity index (χ0n) is 9.45. The number of hydrogen-bond acceptors (Lipinski definition) is 3. The standard InChI is InChI=1S/C12H19NOS/c1-9-5-6-15-12(9)8-13-10-3-4-11(7-10)14-2/h5-6,10-11,13H,3-4,7-8H2,1-2H3. The number of aryl methyl sites for hydroxylation is 1. The fourth-order valence-electron chi connectivity index (χ4n) is 2.16. The Morgan fingerprint density at radius 2 is 2.40 bits per heavy atom. The van der Waals surface area contributed by atoms with Gasteiger partial charge in [-0.15, -0.1) is 11.3 Å². The van der Waals surface area contributed by atoms with Crippen molar-refractivity contribution in [2.24, 2.45) is 0 Å². The quantitative estimate of drug-likeness (QED) is 0.850. The minimum atomic E-state index is 0.479. The summed E-state index contributed by atoms with van der Waals surface area (Å²) >= 11 is 1.85. The van der Waals surface area contributed by atoms with Crippen molar-refractivity contribution < 1.29 is 4.74 Å². The third kappa shape index (κ3) is 2.80. The lowest BCUT2D eigenvalue weighted by atomic mass is 10.2. The predicted octanol–water partition coefficient (Wildman–Crippen LogP) is 2.71. The molecule has 15 heavy (non-hydrogen) atoms. The molecule has 2 nitrogen and oxygen atoms in total. The van der Waals surface area contributed by atoms with Crippen LogP contribution in [0.4, 0.5) is 0 Å². The van der Waals surface area contributed by atoms with Crippen LogP contribution in [0.15, 0.2) is 11.4 Å². The van der Waals surface area contributed by atoms with Gasteiger partial charge < -0.3 is 10.1 Å². The highest BCUT2D eigenvalue weighted by Gasteiger charge is 2.23. The van der Waals surface area contributed by atoms with Gasteiger partial charge in [0.25, 0.3) is 0 Å². The van der Waals surface area contributed by atoms with Gasteiger partial charge in [-0.05, 0) is 43.2 Å². The molecule has 1 saturated carbocycles. The molecule has 1 aromatic rings. The van der Waals surface area contributed by atoms with Crippen molar-refractivity contribution in [2.45, 2.75) is 44.9 Å². The van der Waals surface area contributed by atoms with E-state index in [-0.39, 0.29) is 0 Å². The molecule has 3 heteroatoms. The lowest BCUT2D eigenvalue weighted by molar-refractivity contribution is 0.107. The monoisotopic (exact) mass is 225 g/mol. The van der Waals surface area contributed by atoms with Gasteiger partial charge in [0, 0.05) is 24.6 Å². The molecule has 84 valence electrons. The zero-order chi connectivity index (χ0) is 10.7. The third-order valence-corrected chi connectivity index (χ3v) is 4.26. The molecule has 1 N–H and O–H groups in total. The fraction of sp³-hybridized carbons (Fsp3) is 0.667. The van der Waals surface area contributed by atoms with Crippen LogP contribution >= 0.6 is 11.3 Å². The number of methoxy groups -OCH3 is 1. The second kappa shape index (κ2) is 5.10. The Morgan fingerprint density at radius 3 is 3.00 bits per heavy atom. The number of ether oxygens (including phenoxy) is 1. The van der Waals surface area contributed by atoms with Crippen molar-refractivity contribution in [3.63, 3.8) is 0 Å². The van der Waals surface area contributed by atoms with Gasteiger partial charge in [0.2, 0.25) is 0 Å². The Balaban J connectivity index is 1.77. The highest BCUT2D eigenvalue weighted by Crippen LogP contribution is 2.22. The highest BCUT2D eigenvalue weighted by molar-refractivity contribution is 7.10. The maximum atomic E-state index is 5.36. The van der Waals surface area contributed by atoms with Crippen LogP contribution in [0.1, 0.15) is 29.7 Å². The normalized spacial score (nSPS) is 26.0. The van der Waals surface area contributed by atoms with E-state index in [0.717, 1.165) is 6.54 Å². The molecule has 2 rings (SSSR count). The molecule has 1 heterocycles. The summed E-state index contributed by atoms with van der Waals surface area (Å²) in [6.07, 6.45) is 4.11. The van der Waals surface area contributed by atoms with Gasteiger partial charge in [-0.2, -0.15) is 0 Å². The van der Waals surface area contributed by atoms with Gasteiger partial charge in [0.15, 0.2) is 0 Å². The summed E-state index contributed by atoms with van der Waals surface area (Å²) in [5.74, 6) is 0. The minimum absolute atomic E-state index is 0.479. The van der Waals surface area contributed by atoms with E-state index in [2.05, 4.69) is 23.7 Å². The molecule has 0 bridgehead atoms. The number of nitrogens with one attached hydrogen (secondary N) is 1. The summed E-state index contributed by atoms with van der Waals surface area (Å²) in [5, 5.41) is 5.79. The van der Waals surface area contributed by atoms with Crippen molar-refractivity contribution in [2.75, 3.05) is 7.11 Å². The van der Waals surface area contributed by atoms with E-state index in [1.54, 1.807) is 0 Å². The molecule has 1 aromatic heterocycles. The van der Waals surface area contributed by atoms with E-state index in [0.29, 0.717) is 12.1 Å². The summed E-state index contributed by atoms with van der Waals surface area (Å²) < 4.78 is 5.36. The van der Waals surface area contributed by atoms with Crippen molar-refractivity contribution in [3.05, 3.63) is 21.9 Å². The summed E-state index contributed by atoms with van der Waals surface area (Å²) in [6, 6.07) is 2.84. The van der Waals surface area contributed by atoms with Gasteiger partial charge >= 0.3 is 0 Å². The third-order valence-electron chi connectivity index (χ3n) is 3.24. The average Bonchev–Trinajstić information content (AvgIpc) is 2.84. The van der Waals surface area contributed by atoms with Gasteiger partial charge in [0.1, 0.15) is 0 Å². The van der Waals surface area contributed by atoms with Crippen LogP contribution in [0.2, 0.25) is 0 Å².